The van der Waals surface area contributed by atoms with Crippen molar-refractivity contribution in [2.75, 3.05) is 4.81 Å². The molecule has 4 heteroatoms. The maximum absolute atomic E-state index is 7.19. The van der Waals surface area contributed by atoms with Crippen LogP contribution in [0.4, 0.5) is 11.4 Å². The minimum Gasteiger partial charge on any atom is -0.455 e. The lowest BCUT2D eigenvalue weighted by Gasteiger charge is -2.42. The van der Waals surface area contributed by atoms with E-state index in [9.17, 15) is 0 Å². The summed E-state index contributed by atoms with van der Waals surface area (Å²) in [5.74, 6) is 0.893. The second-order valence-corrected chi connectivity index (χ2v) is 21.3. The molecular formula is C61H51BN2O. The van der Waals surface area contributed by atoms with E-state index in [-0.39, 0.29) is 23.1 Å². The van der Waals surface area contributed by atoms with Crippen LogP contribution in [-0.4, -0.2) is 11.4 Å². The third-order valence-electron chi connectivity index (χ3n) is 15.1. The van der Waals surface area contributed by atoms with Gasteiger partial charge in [-0.3, -0.25) is 0 Å². The fraction of sp³-hybridized carbons (Fsp3) is 0.180. The SMILES string of the molecule is CC(C)(C)c1ccc(N2B3c4cc5oc(-c6ccccc6)c(-c6ccccc6)c5cc4-n4c5cc6c(cc5c5ccc(c3c54)-c3cc(C(C)(C)C)ccc32)C(C)(C)c2ccccc2-6)cc1. The van der Waals surface area contributed by atoms with E-state index in [0.717, 1.165) is 33.4 Å². The Labute approximate surface area is 382 Å². The van der Waals surface area contributed by atoms with Crippen molar-refractivity contribution in [3.05, 3.63) is 186 Å². The van der Waals surface area contributed by atoms with Crippen molar-refractivity contribution in [1.29, 1.82) is 0 Å². The van der Waals surface area contributed by atoms with E-state index in [4.69, 9.17) is 4.42 Å². The lowest BCUT2D eigenvalue weighted by molar-refractivity contribution is 0.590. The van der Waals surface area contributed by atoms with Crippen molar-refractivity contribution in [2.24, 2.45) is 0 Å². The highest BCUT2D eigenvalue weighted by Gasteiger charge is 2.45. The van der Waals surface area contributed by atoms with E-state index < -0.39 is 0 Å². The Kier molecular flexibility index (Phi) is 7.71. The molecule has 13 rings (SSSR count). The van der Waals surface area contributed by atoms with Gasteiger partial charge in [0.1, 0.15) is 11.3 Å². The predicted octanol–water partition coefficient (Wildman–Crippen LogP) is 15.0. The number of hydrogen-bond acceptors (Lipinski definition) is 2. The van der Waals surface area contributed by atoms with E-state index in [1.807, 2.05) is 0 Å². The van der Waals surface area contributed by atoms with Gasteiger partial charge >= 0.3 is 6.85 Å². The van der Waals surface area contributed by atoms with Gasteiger partial charge in [-0.05, 0) is 115 Å². The predicted molar refractivity (Wildman–Crippen MR) is 275 cm³/mol. The molecular weight excluding hydrogens is 787 g/mol. The molecule has 8 aromatic carbocycles. The molecule has 0 radical (unpaired) electrons. The van der Waals surface area contributed by atoms with Gasteiger partial charge in [0, 0.05) is 55.3 Å². The van der Waals surface area contributed by atoms with E-state index in [1.54, 1.807) is 0 Å². The van der Waals surface area contributed by atoms with E-state index >= 15 is 0 Å². The first-order valence-corrected chi connectivity index (χ1v) is 23.3. The van der Waals surface area contributed by atoms with Gasteiger partial charge in [-0.2, -0.15) is 0 Å². The molecule has 0 bridgehead atoms. The Morgan fingerprint density at radius 2 is 1.18 bits per heavy atom. The molecule has 4 heterocycles. The molecule has 65 heavy (non-hydrogen) atoms. The Morgan fingerprint density at radius 1 is 0.508 bits per heavy atom. The minimum atomic E-state index is -0.132. The summed E-state index contributed by atoms with van der Waals surface area (Å²) in [5, 5.41) is 3.70. The number of hydrogen-bond donors (Lipinski definition) is 0. The standard InChI is InChI=1S/C61H51BN2O/c1-59(2,3)38-23-26-40(27-24-38)64-51-30-25-39(60(4,5)6)31-45(51)42-28-29-43-46-32-49-44(41-21-15-16-22-48(41)61(49,7)8)33-52(46)63-53-34-47-54(35-50(53)62(64)56(42)57(43)63)65-58(37-19-13-10-14-20-37)55(47)36-17-11-9-12-18-36/h9-35H,1-8H3. The Morgan fingerprint density at radius 3 is 1.91 bits per heavy atom. The second kappa shape index (κ2) is 13.0. The molecule has 0 spiro atoms. The summed E-state index contributed by atoms with van der Waals surface area (Å²) in [6.45, 7) is 18.5. The van der Waals surface area contributed by atoms with Gasteiger partial charge in [0.05, 0.1) is 11.0 Å². The molecule has 2 aromatic heterocycles. The molecule has 0 amide bonds. The van der Waals surface area contributed by atoms with Gasteiger partial charge in [0.25, 0.3) is 0 Å². The van der Waals surface area contributed by atoms with Gasteiger partial charge in [-0.25, -0.2) is 0 Å². The highest BCUT2D eigenvalue weighted by Crippen LogP contribution is 2.53. The Hall–Kier alpha value is -7.04. The van der Waals surface area contributed by atoms with E-state index in [2.05, 4.69) is 229 Å². The number of anilines is 2. The van der Waals surface area contributed by atoms with Crippen molar-refractivity contribution >= 4 is 61.9 Å². The summed E-state index contributed by atoms with van der Waals surface area (Å²) in [5.41, 5.74) is 23.5. The summed E-state index contributed by atoms with van der Waals surface area (Å²) in [4.78, 5) is 2.64. The fourth-order valence-electron chi connectivity index (χ4n) is 11.7. The van der Waals surface area contributed by atoms with E-state index in [1.165, 1.54) is 94.3 Å². The first-order valence-electron chi connectivity index (χ1n) is 23.3. The molecule has 10 aromatic rings. The molecule has 0 unspecified atom stereocenters. The molecule has 0 fully saturated rings. The summed E-state index contributed by atoms with van der Waals surface area (Å²) in [6, 6.07) is 61.8. The maximum atomic E-state index is 7.19. The van der Waals surface area contributed by atoms with E-state index in [0.29, 0.717) is 0 Å². The summed E-state index contributed by atoms with van der Waals surface area (Å²) in [6.07, 6.45) is 0. The minimum absolute atomic E-state index is 0.0185. The third-order valence-corrected chi connectivity index (χ3v) is 15.1. The Balaban J connectivity index is 1.20. The largest absolute Gasteiger partial charge is 0.455 e. The van der Waals surface area contributed by atoms with Gasteiger partial charge in [0.2, 0.25) is 0 Å². The molecule has 2 aliphatic heterocycles. The van der Waals surface area contributed by atoms with Crippen molar-refractivity contribution in [2.45, 2.75) is 71.6 Å². The zero-order chi connectivity index (χ0) is 44.3. The topological polar surface area (TPSA) is 21.3 Å². The van der Waals surface area contributed by atoms with Crippen molar-refractivity contribution in [3.8, 4) is 50.4 Å². The zero-order valence-corrected chi connectivity index (χ0v) is 38.5. The van der Waals surface area contributed by atoms with Crippen molar-refractivity contribution in [3.63, 3.8) is 0 Å². The maximum Gasteiger partial charge on any atom is 0.333 e. The van der Waals surface area contributed by atoms with Crippen LogP contribution in [0.1, 0.15) is 77.6 Å². The third kappa shape index (κ3) is 5.31. The number of nitrogens with zero attached hydrogens (tertiary/aromatic N) is 2. The average molecular weight is 839 g/mol. The number of furan rings is 1. The lowest BCUT2D eigenvalue weighted by Crippen LogP contribution is -2.60. The number of fused-ring (bicyclic) bond motifs is 12. The molecule has 0 saturated carbocycles. The van der Waals surface area contributed by atoms with Crippen LogP contribution >= 0.6 is 0 Å². The lowest BCUT2D eigenvalue weighted by atomic mass is 9.44. The molecule has 0 atom stereocenters. The number of benzene rings is 8. The number of rotatable bonds is 3. The van der Waals surface area contributed by atoms with Gasteiger partial charge in [-0.1, -0.05) is 171 Å². The Bertz CT molecular complexity index is 3630. The van der Waals surface area contributed by atoms with Gasteiger partial charge in [0.15, 0.2) is 0 Å². The van der Waals surface area contributed by atoms with Crippen molar-refractivity contribution < 1.29 is 4.42 Å². The van der Waals surface area contributed by atoms with Crippen LogP contribution in [0.25, 0.3) is 83.2 Å². The fourth-order valence-corrected chi connectivity index (χ4v) is 11.7. The summed E-state index contributed by atoms with van der Waals surface area (Å²) in [7, 11) is 0. The first-order chi connectivity index (χ1) is 31.3. The van der Waals surface area contributed by atoms with Crippen LogP contribution < -0.4 is 15.7 Å². The average Bonchev–Trinajstić information content (AvgIpc) is 3.92. The molecule has 1 aliphatic carbocycles. The van der Waals surface area contributed by atoms with Crippen molar-refractivity contribution in [1.82, 2.24) is 4.57 Å². The van der Waals surface area contributed by atoms with Crippen LogP contribution in [-0.2, 0) is 16.2 Å². The quantitative estimate of drug-likeness (QED) is 0.165. The zero-order valence-electron chi connectivity index (χ0n) is 38.5. The van der Waals surface area contributed by atoms with Crippen LogP contribution in [0.2, 0.25) is 0 Å². The van der Waals surface area contributed by atoms with Crippen LogP contribution in [0.15, 0.2) is 168 Å². The van der Waals surface area contributed by atoms with Gasteiger partial charge < -0.3 is 13.8 Å². The van der Waals surface area contributed by atoms with Crippen LogP contribution in [0.5, 0.6) is 0 Å². The monoisotopic (exact) mass is 838 g/mol. The summed E-state index contributed by atoms with van der Waals surface area (Å²) < 4.78 is 9.82. The molecule has 3 nitrogen and oxygen atoms in total. The van der Waals surface area contributed by atoms with Crippen LogP contribution in [0.3, 0.4) is 0 Å². The summed E-state index contributed by atoms with van der Waals surface area (Å²) >= 11 is 0. The molecule has 3 aliphatic rings. The molecule has 0 saturated heterocycles. The molecule has 314 valence electrons. The second-order valence-electron chi connectivity index (χ2n) is 21.3. The number of aromatic nitrogens is 1. The normalized spacial score (nSPS) is 14.5. The highest BCUT2D eigenvalue weighted by atomic mass is 16.3. The van der Waals surface area contributed by atoms with Crippen LogP contribution in [0, 0.1) is 0 Å². The van der Waals surface area contributed by atoms with Gasteiger partial charge in [-0.15, -0.1) is 0 Å². The molecule has 0 N–H and O–H groups in total. The highest BCUT2D eigenvalue weighted by molar-refractivity contribution is 6.93. The first kappa shape index (κ1) is 38.4. The smallest absolute Gasteiger partial charge is 0.333 e.